The molecule has 0 saturated carbocycles. The molecule has 0 aromatic heterocycles. The van der Waals surface area contributed by atoms with Crippen LogP contribution in [0.4, 0.5) is 0 Å². The van der Waals surface area contributed by atoms with Crippen LogP contribution in [-0.2, 0) is 9.59 Å². The van der Waals surface area contributed by atoms with Gasteiger partial charge in [-0.3, -0.25) is 9.59 Å². The highest BCUT2D eigenvalue weighted by Crippen LogP contribution is 2.43. The molecule has 0 bridgehead atoms. The van der Waals surface area contributed by atoms with Crippen molar-refractivity contribution >= 4 is 23.6 Å². The quantitative estimate of drug-likeness (QED) is 0.757. The van der Waals surface area contributed by atoms with E-state index in [9.17, 15) is 14.7 Å². The topological polar surface area (TPSA) is 86.9 Å². The highest BCUT2D eigenvalue weighted by atomic mass is 32.2. The van der Waals surface area contributed by atoms with Gasteiger partial charge in [0, 0.05) is 24.8 Å². The second kappa shape index (κ2) is 6.14. The summed E-state index contributed by atoms with van der Waals surface area (Å²) in [4.78, 5) is 27.9. The summed E-state index contributed by atoms with van der Waals surface area (Å²) in [5.41, 5.74) is 5.80. The Balaban J connectivity index is 2.12. The van der Waals surface area contributed by atoms with Crippen LogP contribution >= 0.6 is 11.8 Å². The number of hydrogen-bond acceptors (Lipinski definition) is 5. The SMILES string of the molecule is CC(C)C(=O)N1CCC2(C1)SCCN2C(=O)[C@@H](N)[C@@H](C)O. The lowest BCUT2D eigenvalue weighted by Gasteiger charge is -2.36. The van der Waals surface area contributed by atoms with Crippen LogP contribution < -0.4 is 5.73 Å². The molecule has 0 aliphatic carbocycles. The summed E-state index contributed by atoms with van der Waals surface area (Å²) in [5, 5.41) is 9.55. The minimum atomic E-state index is -0.893. The Labute approximate surface area is 130 Å². The first-order valence-electron chi connectivity index (χ1n) is 7.46. The summed E-state index contributed by atoms with van der Waals surface area (Å²) < 4.78 is 0. The lowest BCUT2D eigenvalue weighted by molar-refractivity contribution is -0.139. The van der Waals surface area contributed by atoms with Crippen LogP contribution in [0.3, 0.4) is 0 Å². The van der Waals surface area contributed by atoms with Gasteiger partial charge in [-0.05, 0) is 13.3 Å². The average Bonchev–Trinajstić information content (AvgIpc) is 3.04. The van der Waals surface area contributed by atoms with E-state index in [1.807, 2.05) is 18.7 Å². The van der Waals surface area contributed by atoms with Gasteiger partial charge in [0.2, 0.25) is 11.8 Å². The van der Waals surface area contributed by atoms with E-state index in [4.69, 9.17) is 5.73 Å². The fraction of sp³-hybridized carbons (Fsp3) is 0.857. The van der Waals surface area contributed by atoms with Crippen molar-refractivity contribution in [1.82, 2.24) is 9.80 Å². The normalized spacial score (nSPS) is 28.5. The minimum Gasteiger partial charge on any atom is -0.391 e. The van der Waals surface area contributed by atoms with Gasteiger partial charge in [0.15, 0.2) is 0 Å². The molecule has 2 aliphatic heterocycles. The molecule has 1 spiro atoms. The number of aliphatic hydroxyl groups is 1. The van der Waals surface area contributed by atoms with E-state index in [0.29, 0.717) is 19.6 Å². The molecule has 2 aliphatic rings. The fourth-order valence-corrected chi connectivity index (χ4v) is 4.44. The average molecular weight is 315 g/mol. The molecule has 120 valence electrons. The predicted octanol–water partition coefficient (Wildman–Crippen LogP) is -0.145. The van der Waals surface area contributed by atoms with Gasteiger partial charge in [0.25, 0.3) is 0 Å². The van der Waals surface area contributed by atoms with Crippen LogP contribution in [0.15, 0.2) is 0 Å². The van der Waals surface area contributed by atoms with Crippen LogP contribution in [0, 0.1) is 5.92 Å². The van der Waals surface area contributed by atoms with Gasteiger partial charge in [-0.2, -0.15) is 0 Å². The van der Waals surface area contributed by atoms with Gasteiger partial charge in [-0.15, -0.1) is 11.8 Å². The number of hydrogen-bond donors (Lipinski definition) is 2. The van der Waals surface area contributed by atoms with Crippen LogP contribution in [-0.4, -0.2) is 69.1 Å². The lowest BCUT2D eigenvalue weighted by atomic mass is 10.1. The maximum atomic E-state index is 12.5. The van der Waals surface area contributed by atoms with Gasteiger partial charge >= 0.3 is 0 Å². The molecular formula is C14H25N3O3S. The van der Waals surface area contributed by atoms with Crippen molar-refractivity contribution in [3.63, 3.8) is 0 Å². The summed E-state index contributed by atoms with van der Waals surface area (Å²) in [5.74, 6) is 0.734. The maximum absolute atomic E-state index is 12.5. The highest BCUT2D eigenvalue weighted by molar-refractivity contribution is 8.00. The molecule has 0 radical (unpaired) electrons. The number of amides is 2. The van der Waals surface area contributed by atoms with Crippen molar-refractivity contribution in [1.29, 1.82) is 0 Å². The molecule has 2 fully saturated rings. The summed E-state index contributed by atoms with van der Waals surface area (Å²) in [6, 6.07) is -0.893. The van der Waals surface area contributed by atoms with Gasteiger partial charge < -0.3 is 20.6 Å². The van der Waals surface area contributed by atoms with Crippen LogP contribution in [0.2, 0.25) is 0 Å². The molecule has 2 saturated heterocycles. The number of carbonyl (C=O) groups is 2. The molecule has 2 rings (SSSR count). The molecular weight excluding hydrogens is 290 g/mol. The van der Waals surface area contributed by atoms with E-state index in [2.05, 4.69) is 0 Å². The number of carbonyl (C=O) groups excluding carboxylic acids is 2. The van der Waals surface area contributed by atoms with Crippen LogP contribution in [0.25, 0.3) is 0 Å². The molecule has 2 amide bonds. The van der Waals surface area contributed by atoms with Crippen LogP contribution in [0.1, 0.15) is 27.2 Å². The minimum absolute atomic E-state index is 0.0320. The van der Waals surface area contributed by atoms with E-state index >= 15 is 0 Å². The molecule has 3 atom stereocenters. The Hall–Kier alpha value is -0.790. The van der Waals surface area contributed by atoms with Gasteiger partial charge in [0.1, 0.15) is 10.9 Å². The molecule has 1 unspecified atom stereocenters. The molecule has 2 heterocycles. The van der Waals surface area contributed by atoms with Gasteiger partial charge in [-0.1, -0.05) is 13.8 Å². The number of nitrogens with two attached hydrogens (primary N) is 1. The van der Waals surface area contributed by atoms with E-state index in [1.165, 1.54) is 6.92 Å². The first kappa shape index (κ1) is 16.6. The lowest BCUT2D eigenvalue weighted by Crippen LogP contribution is -2.56. The van der Waals surface area contributed by atoms with Crippen molar-refractivity contribution < 1.29 is 14.7 Å². The Morgan fingerprint density at radius 2 is 1.90 bits per heavy atom. The Kier molecular flexibility index (Phi) is 4.85. The molecule has 0 aromatic rings. The van der Waals surface area contributed by atoms with E-state index in [-0.39, 0.29) is 22.6 Å². The monoisotopic (exact) mass is 315 g/mol. The zero-order valence-corrected chi connectivity index (χ0v) is 13.7. The van der Waals surface area contributed by atoms with E-state index in [0.717, 1.165) is 12.2 Å². The number of thioether (sulfide) groups is 1. The number of likely N-dealkylation sites (tertiary alicyclic amines) is 1. The maximum Gasteiger partial charge on any atom is 0.243 e. The number of nitrogens with zero attached hydrogens (tertiary/aromatic N) is 2. The third-order valence-corrected chi connectivity index (χ3v) is 5.74. The zero-order valence-electron chi connectivity index (χ0n) is 12.9. The van der Waals surface area contributed by atoms with Gasteiger partial charge in [-0.25, -0.2) is 0 Å². The first-order valence-corrected chi connectivity index (χ1v) is 8.45. The third-order valence-electron chi connectivity index (χ3n) is 4.26. The summed E-state index contributed by atoms with van der Waals surface area (Å²) >= 11 is 1.72. The summed E-state index contributed by atoms with van der Waals surface area (Å²) in [7, 11) is 0. The summed E-state index contributed by atoms with van der Waals surface area (Å²) in [6.07, 6.45) is -0.0936. The third kappa shape index (κ3) is 3.05. The smallest absolute Gasteiger partial charge is 0.243 e. The van der Waals surface area contributed by atoms with Crippen molar-refractivity contribution in [2.24, 2.45) is 11.7 Å². The number of aliphatic hydroxyl groups excluding tert-OH is 1. The molecule has 21 heavy (non-hydrogen) atoms. The second-order valence-electron chi connectivity index (χ2n) is 6.22. The number of rotatable bonds is 3. The predicted molar refractivity (Wildman–Crippen MR) is 82.6 cm³/mol. The van der Waals surface area contributed by atoms with Crippen LogP contribution in [0.5, 0.6) is 0 Å². The molecule has 6 nitrogen and oxygen atoms in total. The van der Waals surface area contributed by atoms with Crippen molar-refractivity contribution in [3.8, 4) is 0 Å². The standard InChI is InChI=1S/C14H25N3O3S/c1-9(2)12(19)16-5-4-14(8-16)17(6-7-21-14)13(20)11(15)10(3)18/h9-11,18H,4-8,15H2,1-3H3/t10-,11+,14?/m1/s1. The first-order chi connectivity index (χ1) is 9.78. The molecule has 0 aromatic carbocycles. The fourth-order valence-electron chi connectivity index (χ4n) is 2.96. The van der Waals surface area contributed by atoms with Gasteiger partial charge in [0.05, 0.1) is 12.6 Å². The largest absolute Gasteiger partial charge is 0.391 e. The van der Waals surface area contributed by atoms with Crippen molar-refractivity contribution in [2.45, 2.75) is 44.2 Å². The molecule has 7 heteroatoms. The van der Waals surface area contributed by atoms with Crippen molar-refractivity contribution in [2.75, 3.05) is 25.4 Å². The van der Waals surface area contributed by atoms with E-state index in [1.54, 1.807) is 16.7 Å². The Bertz CT molecular complexity index is 430. The Morgan fingerprint density at radius 3 is 2.48 bits per heavy atom. The molecule has 3 N–H and O–H groups in total. The second-order valence-corrected chi connectivity index (χ2v) is 7.67. The van der Waals surface area contributed by atoms with E-state index < -0.39 is 12.1 Å². The van der Waals surface area contributed by atoms with Crippen molar-refractivity contribution in [3.05, 3.63) is 0 Å². The zero-order chi connectivity index (χ0) is 15.8. The highest BCUT2D eigenvalue weighted by Gasteiger charge is 2.51. The summed E-state index contributed by atoms with van der Waals surface area (Å²) in [6.45, 7) is 7.18. The Morgan fingerprint density at radius 1 is 1.24 bits per heavy atom.